The van der Waals surface area contributed by atoms with Crippen molar-refractivity contribution in [1.29, 1.82) is 0 Å². The summed E-state index contributed by atoms with van der Waals surface area (Å²) in [6.45, 7) is -0.787. The molecule has 0 bridgehead atoms. The summed E-state index contributed by atoms with van der Waals surface area (Å²) in [5.74, 6) is -3.83. The van der Waals surface area contributed by atoms with E-state index in [1.807, 2.05) is 0 Å². The lowest BCUT2D eigenvalue weighted by atomic mass is 10.1. The number of hydrogen-bond donors (Lipinski definition) is 3. The highest BCUT2D eigenvalue weighted by molar-refractivity contribution is 5.23. The van der Waals surface area contributed by atoms with E-state index in [2.05, 4.69) is 4.98 Å². The monoisotopic (exact) mass is 263 g/mol. The molecule has 0 aliphatic carbocycles. The summed E-state index contributed by atoms with van der Waals surface area (Å²) < 4.78 is 32.7. The first kappa shape index (κ1) is 12.9. The molecule has 0 radical (unpaired) electrons. The maximum atomic E-state index is 13.7. The zero-order chi connectivity index (χ0) is 13.5. The molecule has 7 nitrogen and oxygen atoms in total. The standard InChI is InChI=1S/C9H11F2N3O4/c10-9(11)6(16)4(3-15)18-7(9)14-2-1-5(12)13-8(14)17/h1-2,4,6-7,15-16H,3H2,(H2,12,13,17)/t4-,6-,7-/m0/s1. The van der Waals surface area contributed by atoms with Gasteiger partial charge in [-0.25, -0.2) is 4.79 Å². The van der Waals surface area contributed by atoms with Gasteiger partial charge in [0.15, 0.2) is 6.10 Å². The minimum absolute atomic E-state index is 0.114. The minimum atomic E-state index is -3.71. The van der Waals surface area contributed by atoms with Crippen LogP contribution in [0.1, 0.15) is 6.23 Å². The Kier molecular flexibility index (Phi) is 3.05. The minimum Gasteiger partial charge on any atom is -0.394 e. The number of nitrogens with two attached hydrogens (primary N) is 1. The molecule has 9 heteroatoms. The summed E-state index contributed by atoms with van der Waals surface area (Å²) in [4.78, 5) is 14.7. The van der Waals surface area contributed by atoms with E-state index in [4.69, 9.17) is 15.6 Å². The molecule has 18 heavy (non-hydrogen) atoms. The average Bonchev–Trinajstić information content (AvgIpc) is 2.52. The van der Waals surface area contributed by atoms with Crippen LogP contribution < -0.4 is 11.4 Å². The fourth-order valence-electron chi connectivity index (χ4n) is 1.72. The highest BCUT2D eigenvalue weighted by Crippen LogP contribution is 2.41. The van der Waals surface area contributed by atoms with E-state index in [0.717, 1.165) is 12.3 Å². The largest absolute Gasteiger partial charge is 0.394 e. The Morgan fingerprint density at radius 3 is 2.78 bits per heavy atom. The van der Waals surface area contributed by atoms with Crippen molar-refractivity contribution in [2.75, 3.05) is 12.3 Å². The Labute approximate surface area is 99.4 Å². The molecule has 0 spiro atoms. The summed E-state index contributed by atoms with van der Waals surface area (Å²) in [5.41, 5.74) is 4.21. The Hall–Kier alpha value is -1.58. The number of aromatic nitrogens is 2. The molecule has 1 aromatic rings. The quantitative estimate of drug-likeness (QED) is 0.612. The molecule has 0 saturated carbocycles. The third-order valence-corrected chi connectivity index (χ3v) is 2.66. The topological polar surface area (TPSA) is 111 Å². The molecule has 1 saturated heterocycles. The van der Waals surface area contributed by atoms with Gasteiger partial charge in [-0.3, -0.25) is 4.57 Å². The number of nitrogens with zero attached hydrogens (tertiary/aromatic N) is 2. The number of halogens is 2. The second kappa shape index (κ2) is 4.26. The van der Waals surface area contributed by atoms with Gasteiger partial charge in [-0.1, -0.05) is 0 Å². The molecule has 3 atom stereocenters. The summed E-state index contributed by atoms with van der Waals surface area (Å²) in [6, 6.07) is 1.15. The molecule has 2 heterocycles. The zero-order valence-corrected chi connectivity index (χ0v) is 9.03. The Balaban J connectivity index is 2.42. The van der Waals surface area contributed by atoms with Gasteiger partial charge in [0.2, 0.25) is 6.23 Å². The highest BCUT2D eigenvalue weighted by atomic mass is 19.3. The summed E-state index contributed by atoms with van der Waals surface area (Å²) >= 11 is 0. The molecular formula is C9H11F2N3O4. The molecule has 0 unspecified atom stereocenters. The molecule has 1 aromatic heterocycles. The number of hydrogen-bond acceptors (Lipinski definition) is 6. The molecule has 4 N–H and O–H groups in total. The van der Waals surface area contributed by atoms with Crippen LogP contribution in [0.3, 0.4) is 0 Å². The zero-order valence-electron chi connectivity index (χ0n) is 9.03. The normalized spacial score (nSPS) is 30.6. The van der Waals surface area contributed by atoms with Crippen molar-refractivity contribution in [3.8, 4) is 0 Å². The fraction of sp³-hybridized carbons (Fsp3) is 0.556. The van der Waals surface area contributed by atoms with Crippen LogP contribution in [0.5, 0.6) is 0 Å². The van der Waals surface area contributed by atoms with E-state index < -0.39 is 36.7 Å². The van der Waals surface area contributed by atoms with E-state index in [1.54, 1.807) is 0 Å². The second-order valence-corrected chi connectivity index (χ2v) is 3.87. The van der Waals surface area contributed by atoms with Crippen molar-refractivity contribution in [1.82, 2.24) is 9.55 Å². The molecule has 0 amide bonds. The highest BCUT2D eigenvalue weighted by Gasteiger charge is 2.59. The maximum absolute atomic E-state index is 13.7. The van der Waals surface area contributed by atoms with Crippen LogP contribution in [0.25, 0.3) is 0 Å². The first-order valence-corrected chi connectivity index (χ1v) is 5.04. The van der Waals surface area contributed by atoms with E-state index in [9.17, 15) is 18.7 Å². The lowest BCUT2D eigenvalue weighted by Gasteiger charge is -2.20. The molecular weight excluding hydrogens is 252 g/mol. The van der Waals surface area contributed by atoms with Crippen LogP contribution in [0.4, 0.5) is 14.6 Å². The fourth-order valence-corrected chi connectivity index (χ4v) is 1.72. The van der Waals surface area contributed by atoms with Crippen molar-refractivity contribution in [3.63, 3.8) is 0 Å². The summed E-state index contributed by atoms with van der Waals surface area (Å²) in [6.07, 6.45) is -4.69. The number of alkyl halides is 2. The summed E-state index contributed by atoms with van der Waals surface area (Å²) in [7, 11) is 0. The van der Waals surface area contributed by atoms with Crippen LogP contribution >= 0.6 is 0 Å². The molecule has 0 aromatic carbocycles. The Morgan fingerprint density at radius 1 is 1.61 bits per heavy atom. The van der Waals surface area contributed by atoms with Crippen molar-refractivity contribution in [2.45, 2.75) is 24.4 Å². The van der Waals surface area contributed by atoms with Gasteiger partial charge in [-0.05, 0) is 6.07 Å². The van der Waals surface area contributed by atoms with Gasteiger partial charge in [-0.2, -0.15) is 13.8 Å². The summed E-state index contributed by atoms with van der Waals surface area (Å²) in [5, 5.41) is 18.1. The van der Waals surface area contributed by atoms with Crippen molar-refractivity contribution in [3.05, 3.63) is 22.7 Å². The molecule has 1 aliphatic rings. The maximum Gasteiger partial charge on any atom is 0.351 e. The van der Waals surface area contributed by atoms with E-state index in [1.165, 1.54) is 0 Å². The molecule has 1 aliphatic heterocycles. The second-order valence-electron chi connectivity index (χ2n) is 3.87. The van der Waals surface area contributed by atoms with E-state index in [0.29, 0.717) is 4.57 Å². The van der Waals surface area contributed by atoms with Crippen LogP contribution in [-0.4, -0.2) is 44.5 Å². The number of rotatable bonds is 2. The number of anilines is 1. The Morgan fingerprint density at radius 2 is 2.28 bits per heavy atom. The number of aliphatic hydroxyl groups excluding tert-OH is 2. The van der Waals surface area contributed by atoms with Crippen LogP contribution in [0.15, 0.2) is 17.1 Å². The third-order valence-electron chi connectivity index (χ3n) is 2.66. The van der Waals surface area contributed by atoms with Gasteiger partial charge in [0.25, 0.3) is 0 Å². The van der Waals surface area contributed by atoms with Crippen LogP contribution in [-0.2, 0) is 4.74 Å². The smallest absolute Gasteiger partial charge is 0.351 e. The van der Waals surface area contributed by atoms with Gasteiger partial charge in [0, 0.05) is 6.20 Å². The van der Waals surface area contributed by atoms with Crippen LogP contribution in [0.2, 0.25) is 0 Å². The average molecular weight is 263 g/mol. The molecule has 2 rings (SSSR count). The molecule has 1 fully saturated rings. The number of aliphatic hydroxyl groups is 2. The number of nitrogen functional groups attached to an aromatic ring is 1. The van der Waals surface area contributed by atoms with Crippen molar-refractivity contribution in [2.24, 2.45) is 0 Å². The van der Waals surface area contributed by atoms with Gasteiger partial charge in [-0.15, -0.1) is 0 Å². The SMILES string of the molecule is Nc1ccn([C@H]2O[C@@H](CO)[C@H](O)C2(F)F)c(=O)n1. The Bertz CT molecular complexity index is 507. The van der Waals surface area contributed by atoms with Crippen LogP contribution in [0, 0.1) is 0 Å². The van der Waals surface area contributed by atoms with Gasteiger partial charge in [0.1, 0.15) is 11.9 Å². The lowest BCUT2D eigenvalue weighted by molar-refractivity contribution is -0.140. The van der Waals surface area contributed by atoms with Gasteiger partial charge in [0.05, 0.1) is 6.61 Å². The van der Waals surface area contributed by atoms with Gasteiger partial charge >= 0.3 is 11.6 Å². The lowest BCUT2D eigenvalue weighted by Crippen LogP contribution is -2.41. The predicted octanol–water partition coefficient (Wildman–Crippen LogP) is -1.29. The van der Waals surface area contributed by atoms with E-state index in [-0.39, 0.29) is 5.82 Å². The third kappa shape index (κ3) is 1.85. The van der Waals surface area contributed by atoms with E-state index >= 15 is 0 Å². The first-order chi connectivity index (χ1) is 8.37. The molecule has 100 valence electrons. The van der Waals surface area contributed by atoms with Gasteiger partial charge < -0.3 is 20.7 Å². The first-order valence-electron chi connectivity index (χ1n) is 5.04. The predicted molar refractivity (Wildman–Crippen MR) is 54.9 cm³/mol. The number of ether oxygens (including phenoxy) is 1. The van der Waals surface area contributed by atoms with Crippen molar-refractivity contribution >= 4 is 5.82 Å². The van der Waals surface area contributed by atoms with Crippen molar-refractivity contribution < 1.29 is 23.7 Å².